The third kappa shape index (κ3) is 3.90. The monoisotopic (exact) mass is 485 g/mol. The van der Waals surface area contributed by atoms with E-state index in [1.54, 1.807) is 41.8 Å². The molecular weight excluding hydrogens is 468 g/mol. The Balaban J connectivity index is 1.66. The lowest BCUT2D eigenvalue weighted by Crippen LogP contribution is -2.30. The standard InChI is InChI=1S/C23H18BrF2N3O2/c1-13-9-16(14(2)29(13)21-8-7-17(24)11-19(21)26)10-20-22(30)28(23(31)27-20)12-15-5-3-4-6-18(15)25/h3-11H,12H2,1-2H3,(H,27,31)/b20-10+. The first-order chi connectivity index (χ1) is 14.8. The lowest BCUT2D eigenvalue weighted by molar-refractivity contribution is -0.123. The molecule has 0 spiro atoms. The number of benzene rings is 2. The normalized spacial score (nSPS) is 15.1. The zero-order valence-electron chi connectivity index (χ0n) is 16.7. The molecule has 0 saturated carbocycles. The maximum absolute atomic E-state index is 14.5. The molecule has 8 heteroatoms. The minimum absolute atomic E-state index is 0.0814. The van der Waals surface area contributed by atoms with Crippen LogP contribution >= 0.6 is 15.9 Å². The van der Waals surface area contributed by atoms with E-state index in [-0.39, 0.29) is 17.8 Å². The van der Waals surface area contributed by atoms with Gasteiger partial charge < -0.3 is 9.88 Å². The van der Waals surface area contributed by atoms with Crippen LogP contribution in [-0.4, -0.2) is 21.4 Å². The number of aromatic nitrogens is 1. The van der Waals surface area contributed by atoms with Gasteiger partial charge in [0.15, 0.2) is 0 Å². The molecule has 0 radical (unpaired) electrons. The predicted octanol–water partition coefficient (Wildman–Crippen LogP) is 5.23. The Labute approximate surface area is 186 Å². The molecule has 3 amide bonds. The van der Waals surface area contributed by atoms with Crippen LogP contribution in [0.1, 0.15) is 22.5 Å². The zero-order valence-corrected chi connectivity index (χ0v) is 18.3. The molecule has 1 aliphatic rings. The fraction of sp³-hybridized carbons (Fsp3) is 0.130. The van der Waals surface area contributed by atoms with Gasteiger partial charge in [-0.2, -0.15) is 0 Å². The van der Waals surface area contributed by atoms with Crippen molar-refractivity contribution in [2.75, 3.05) is 0 Å². The van der Waals surface area contributed by atoms with E-state index in [0.717, 1.165) is 10.6 Å². The first-order valence-electron chi connectivity index (χ1n) is 9.48. The van der Waals surface area contributed by atoms with Crippen molar-refractivity contribution in [1.82, 2.24) is 14.8 Å². The summed E-state index contributed by atoms with van der Waals surface area (Å²) in [6.07, 6.45) is 1.55. The first kappa shape index (κ1) is 21.0. The van der Waals surface area contributed by atoms with Gasteiger partial charge in [0.1, 0.15) is 17.3 Å². The molecule has 5 nitrogen and oxygen atoms in total. The summed E-state index contributed by atoms with van der Waals surface area (Å²) in [4.78, 5) is 26.1. The molecule has 1 N–H and O–H groups in total. The van der Waals surface area contributed by atoms with Gasteiger partial charge in [-0.3, -0.25) is 9.69 Å². The van der Waals surface area contributed by atoms with Crippen molar-refractivity contribution < 1.29 is 18.4 Å². The number of carbonyl (C=O) groups is 2. The van der Waals surface area contributed by atoms with E-state index in [4.69, 9.17) is 0 Å². The van der Waals surface area contributed by atoms with Crippen LogP contribution in [0.15, 0.2) is 58.7 Å². The van der Waals surface area contributed by atoms with E-state index in [1.165, 1.54) is 18.2 Å². The van der Waals surface area contributed by atoms with Crippen LogP contribution in [0.3, 0.4) is 0 Å². The molecule has 2 heterocycles. The number of nitrogens with zero attached hydrogens (tertiary/aromatic N) is 2. The Morgan fingerprint density at radius 2 is 1.77 bits per heavy atom. The third-order valence-corrected chi connectivity index (χ3v) is 5.66. The molecular formula is C23H18BrF2N3O2. The highest BCUT2D eigenvalue weighted by Gasteiger charge is 2.34. The lowest BCUT2D eigenvalue weighted by atomic mass is 10.2. The van der Waals surface area contributed by atoms with Crippen LogP contribution in [0.4, 0.5) is 13.6 Å². The highest BCUT2D eigenvalue weighted by Crippen LogP contribution is 2.27. The van der Waals surface area contributed by atoms with E-state index in [0.29, 0.717) is 21.4 Å². The maximum Gasteiger partial charge on any atom is 0.329 e. The Morgan fingerprint density at radius 3 is 2.48 bits per heavy atom. The molecule has 0 bridgehead atoms. The van der Waals surface area contributed by atoms with E-state index in [1.807, 2.05) is 13.0 Å². The summed E-state index contributed by atoms with van der Waals surface area (Å²) in [5.41, 5.74) is 2.85. The van der Waals surface area contributed by atoms with Crippen LogP contribution in [0, 0.1) is 25.5 Å². The predicted molar refractivity (Wildman–Crippen MR) is 116 cm³/mol. The molecule has 1 fully saturated rings. The minimum Gasteiger partial charge on any atom is -0.315 e. The Morgan fingerprint density at radius 1 is 1.03 bits per heavy atom. The Hall–Kier alpha value is -3.26. The number of aryl methyl sites for hydroxylation is 1. The summed E-state index contributed by atoms with van der Waals surface area (Å²) in [7, 11) is 0. The Bertz CT molecular complexity index is 1250. The van der Waals surface area contributed by atoms with Crippen molar-refractivity contribution in [3.8, 4) is 5.69 Å². The summed E-state index contributed by atoms with van der Waals surface area (Å²) >= 11 is 3.25. The number of rotatable bonds is 4. The van der Waals surface area contributed by atoms with Crippen LogP contribution in [-0.2, 0) is 11.3 Å². The number of amides is 3. The van der Waals surface area contributed by atoms with Crippen molar-refractivity contribution in [3.05, 3.63) is 92.8 Å². The maximum atomic E-state index is 14.5. The number of imide groups is 1. The van der Waals surface area contributed by atoms with Crippen LogP contribution in [0.5, 0.6) is 0 Å². The van der Waals surface area contributed by atoms with Gasteiger partial charge in [0.25, 0.3) is 5.91 Å². The number of urea groups is 1. The summed E-state index contributed by atoms with van der Waals surface area (Å²) in [6, 6.07) is 12.0. The molecule has 0 atom stereocenters. The lowest BCUT2D eigenvalue weighted by Gasteiger charge is -2.12. The molecule has 2 aromatic carbocycles. The molecule has 1 saturated heterocycles. The minimum atomic E-state index is -0.618. The van der Waals surface area contributed by atoms with E-state index < -0.39 is 23.6 Å². The summed E-state index contributed by atoms with van der Waals surface area (Å²) in [6.45, 7) is 3.47. The van der Waals surface area contributed by atoms with Crippen molar-refractivity contribution in [1.29, 1.82) is 0 Å². The van der Waals surface area contributed by atoms with Crippen LogP contribution in [0.2, 0.25) is 0 Å². The fourth-order valence-electron chi connectivity index (χ4n) is 3.63. The second-order valence-electron chi connectivity index (χ2n) is 7.23. The molecule has 1 aliphatic heterocycles. The van der Waals surface area contributed by atoms with Gasteiger partial charge in [0, 0.05) is 21.4 Å². The summed E-state index contributed by atoms with van der Waals surface area (Å²) in [5, 5.41) is 2.54. The second kappa shape index (κ2) is 8.11. The number of hydrogen-bond donors (Lipinski definition) is 1. The van der Waals surface area contributed by atoms with Crippen molar-refractivity contribution in [2.24, 2.45) is 0 Å². The third-order valence-electron chi connectivity index (χ3n) is 5.17. The molecule has 3 aromatic rings. The summed E-state index contributed by atoms with van der Waals surface area (Å²) < 4.78 is 30.8. The molecule has 158 valence electrons. The number of nitrogens with one attached hydrogen (secondary N) is 1. The van der Waals surface area contributed by atoms with Gasteiger partial charge in [-0.15, -0.1) is 0 Å². The van der Waals surface area contributed by atoms with E-state index in [2.05, 4.69) is 21.2 Å². The topological polar surface area (TPSA) is 54.3 Å². The Kier molecular flexibility index (Phi) is 5.49. The largest absolute Gasteiger partial charge is 0.329 e. The molecule has 31 heavy (non-hydrogen) atoms. The number of hydrogen-bond acceptors (Lipinski definition) is 2. The van der Waals surface area contributed by atoms with Crippen molar-refractivity contribution in [3.63, 3.8) is 0 Å². The van der Waals surface area contributed by atoms with Crippen LogP contribution < -0.4 is 5.32 Å². The van der Waals surface area contributed by atoms with Gasteiger partial charge in [-0.05, 0) is 55.8 Å². The summed E-state index contributed by atoms with van der Waals surface area (Å²) in [5.74, 6) is -1.43. The van der Waals surface area contributed by atoms with E-state index >= 15 is 0 Å². The number of halogens is 3. The molecule has 0 unspecified atom stereocenters. The first-order valence-corrected chi connectivity index (χ1v) is 10.3. The molecule has 1 aromatic heterocycles. The van der Waals surface area contributed by atoms with Crippen molar-refractivity contribution in [2.45, 2.75) is 20.4 Å². The van der Waals surface area contributed by atoms with Gasteiger partial charge in [-0.1, -0.05) is 34.1 Å². The average molecular weight is 486 g/mol. The number of carbonyl (C=O) groups excluding carboxylic acids is 2. The highest BCUT2D eigenvalue weighted by molar-refractivity contribution is 9.10. The van der Waals surface area contributed by atoms with E-state index in [9.17, 15) is 18.4 Å². The highest BCUT2D eigenvalue weighted by atomic mass is 79.9. The fourth-order valence-corrected chi connectivity index (χ4v) is 3.97. The van der Waals surface area contributed by atoms with Crippen molar-refractivity contribution >= 4 is 33.9 Å². The van der Waals surface area contributed by atoms with Gasteiger partial charge in [-0.25, -0.2) is 13.6 Å². The average Bonchev–Trinajstić information content (AvgIpc) is 3.14. The smallest absolute Gasteiger partial charge is 0.315 e. The quantitative estimate of drug-likeness (QED) is 0.406. The second-order valence-corrected chi connectivity index (χ2v) is 8.14. The zero-order chi connectivity index (χ0) is 22.3. The molecule has 0 aliphatic carbocycles. The molecule has 4 rings (SSSR count). The van der Waals surface area contributed by atoms with Gasteiger partial charge in [0.05, 0.1) is 12.2 Å². The van der Waals surface area contributed by atoms with Crippen LogP contribution in [0.25, 0.3) is 11.8 Å². The van der Waals surface area contributed by atoms with Gasteiger partial charge in [0.2, 0.25) is 0 Å². The van der Waals surface area contributed by atoms with Gasteiger partial charge >= 0.3 is 6.03 Å². The SMILES string of the molecule is Cc1cc(/C=C2/NC(=O)N(Cc3ccccc3F)C2=O)c(C)n1-c1ccc(Br)cc1F.